The predicted octanol–water partition coefficient (Wildman–Crippen LogP) is -1.82. The molecule has 0 aromatic rings. The smallest absolute Gasteiger partial charge is 0.305 e. The third kappa shape index (κ3) is 8.81. The number of rotatable bonds is 15. The third-order valence-electron chi connectivity index (χ3n) is 6.40. The summed E-state index contributed by atoms with van der Waals surface area (Å²) in [6, 6.07) is 0. The summed E-state index contributed by atoms with van der Waals surface area (Å²) in [4.78, 5) is 11.1. The first-order valence-electron chi connectivity index (χ1n) is 12.4. The van der Waals surface area contributed by atoms with Crippen LogP contribution in [0.4, 0.5) is 0 Å². The van der Waals surface area contributed by atoms with Crippen LogP contribution >= 0.6 is 0 Å². The second-order valence-electron chi connectivity index (χ2n) is 9.10. The maximum Gasteiger partial charge on any atom is 0.305 e. The van der Waals surface area contributed by atoms with Crippen molar-refractivity contribution in [2.75, 3.05) is 34.0 Å². The average molecular weight is 527 g/mol. The van der Waals surface area contributed by atoms with Crippen molar-refractivity contribution in [1.29, 1.82) is 0 Å². The van der Waals surface area contributed by atoms with Crippen molar-refractivity contribution in [2.24, 2.45) is 0 Å². The summed E-state index contributed by atoms with van der Waals surface area (Å²) in [6.07, 6.45) is -8.43. The predicted molar refractivity (Wildman–Crippen MR) is 121 cm³/mol. The first-order valence-corrected chi connectivity index (χ1v) is 12.4. The highest BCUT2D eigenvalue weighted by Gasteiger charge is 2.50. The summed E-state index contributed by atoms with van der Waals surface area (Å²) in [5.74, 6) is -0.216. The minimum absolute atomic E-state index is 0.0909. The van der Waals surface area contributed by atoms with Gasteiger partial charge in [0, 0.05) is 20.1 Å². The van der Waals surface area contributed by atoms with E-state index in [1.807, 2.05) is 0 Å². The summed E-state index contributed by atoms with van der Waals surface area (Å²) < 4.78 is 32.2. The van der Waals surface area contributed by atoms with Crippen LogP contribution in [-0.2, 0) is 33.2 Å². The maximum absolute atomic E-state index is 11.1. The van der Waals surface area contributed by atoms with Crippen molar-refractivity contribution in [2.45, 2.75) is 106 Å². The number of carbonyl (C=O) groups excluding carboxylic acids is 1. The molecule has 212 valence electrons. The van der Waals surface area contributed by atoms with Crippen LogP contribution in [0.3, 0.4) is 0 Å². The molecule has 0 aliphatic carbocycles. The first kappa shape index (κ1) is 31.2. The zero-order chi connectivity index (χ0) is 26.7. The Labute approximate surface area is 210 Å². The highest BCUT2D eigenvalue weighted by Crippen LogP contribution is 2.30. The van der Waals surface area contributed by atoms with Crippen LogP contribution in [0.1, 0.15) is 44.9 Å². The summed E-state index contributed by atoms with van der Waals surface area (Å²) in [7, 11) is 2.74. The second-order valence-corrected chi connectivity index (χ2v) is 9.10. The molecule has 2 fully saturated rings. The Morgan fingerprint density at radius 3 is 2.00 bits per heavy atom. The van der Waals surface area contributed by atoms with Gasteiger partial charge in [-0.1, -0.05) is 25.7 Å². The molecule has 13 nitrogen and oxygen atoms in total. The molecule has 2 aliphatic rings. The number of hydrogen-bond donors (Lipinski definition) is 6. The van der Waals surface area contributed by atoms with E-state index in [1.165, 1.54) is 14.2 Å². The lowest BCUT2D eigenvalue weighted by molar-refractivity contribution is -0.367. The van der Waals surface area contributed by atoms with Gasteiger partial charge < -0.3 is 59.1 Å². The molecular formula is C23H42O13. The molecule has 2 rings (SSSR count). The van der Waals surface area contributed by atoms with E-state index >= 15 is 0 Å². The number of esters is 1. The normalized spacial score (nSPS) is 37.1. The molecule has 36 heavy (non-hydrogen) atoms. The van der Waals surface area contributed by atoms with Crippen LogP contribution in [0.15, 0.2) is 0 Å². The number of aliphatic hydroxyl groups is 6. The first-order chi connectivity index (χ1) is 17.2. The van der Waals surface area contributed by atoms with Crippen LogP contribution in [0.5, 0.6) is 0 Å². The largest absolute Gasteiger partial charge is 0.469 e. The molecule has 0 aromatic heterocycles. The molecule has 0 bridgehead atoms. The SMILES string of the molecule is COC[C@H]1O[C@@H](O[C@H]2[C@@H](OCCCCCCCCC(=O)OC)O[C@H](CO)[C@@H](O)[C@@H]2O)[C@H](O)[C@@H](O)[C@@H]1O. The third-order valence-corrected chi connectivity index (χ3v) is 6.40. The molecule has 0 saturated carbocycles. The summed E-state index contributed by atoms with van der Waals surface area (Å²) >= 11 is 0. The lowest BCUT2D eigenvalue weighted by atomic mass is 9.97. The minimum Gasteiger partial charge on any atom is -0.469 e. The van der Waals surface area contributed by atoms with Crippen molar-refractivity contribution in [1.82, 2.24) is 0 Å². The van der Waals surface area contributed by atoms with Crippen LogP contribution in [0, 0.1) is 0 Å². The van der Waals surface area contributed by atoms with E-state index in [1.54, 1.807) is 0 Å². The summed E-state index contributed by atoms with van der Waals surface area (Å²) in [5, 5.41) is 61.1. The van der Waals surface area contributed by atoms with Crippen molar-refractivity contribution in [3.63, 3.8) is 0 Å². The van der Waals surface area contributed by atoms with E-state index in [-0.39, 0.29) is 19.2 Å². The molecule has 2 heterocycles. The fourth-order valence-corrected chi connectivity index (χ4v) is 4.20. The molecule has 0 radical (unpaired) electrons. The van der Waals surface area contributed by atoms with Gasteiger partial charge in [0.2, 0.25) is 0 Å². The Hall–Kier alpha value is -0.970. The molecule has 2 aliphatic heterocycles. The van der Waals surface area contributed by atoms with Crippen molar-refractivity contribution in [3.05, 3.63) is 0 Å². The fraction of sp³-hybridized carbons (Fsp3) is 0.957. The van der Waals surface area contributed by atoms with E-state index < -0.39 is 68.0 Å². The Morgan fingerprint density at radius 2 is 1.36 bits per heavy atom. The van der Waals surface area contributed by atoms with Crippen LogP contribution in [-0.4, -0.2) is 132 Å². The van der Waals surface area contributed by atoms with Crippen molar-refractivity contribution < 1.29 is 63.9 Å². The Morgan fingerprint density at radius 1 is 0.750 bits per heavy atom. The van der Waals surface area contributed by atoms with Gasteiger partial charge in [-0.15, -0.1) is 0 Å². The van der Waals surface area contributed by atoms with Gasteiger partial charge in [0.1, 0.15) is 48.8 Å². The lowest BCUT2D eigenvalue weighted by Gasteiger charge is -2.46. The van der Waals surface area contributed by atoms with E-state index in [0.29, 0.717) is 12.8 Å². The van der Waals surface area contributed by atoms with Gasteiger partial charge in [0.15, 0.2) is 12.6 Å². The molecule has 2 saturated heterocycles. The Kier molecular flexibility index (Phi) is 14.0. The van der Waals surface area contributed by atoms with E-state index in [2.05, 4.69) is 4.74 Å². The van der Waals surface area contributed by atoms with Gasteiger partial charge in [-0.3, -0.25) is 4.79 Å². The summed E-state index contributed by atoms with van der Waals surface area (Å²) in [5.41, 5.74) is 0. The molecule has 13 heteroatoms. The van der Waals surface area contributed by atoms with E-state index in [0.717, 1.165) is 32.1 Å². The molecule has 10 atom stereocenters. The summed E-state index contributed by atoms with van der Waals surface area (Å²) in [6.45, 7) is -0.429. The highest BCUT2D eigenvalue weighted by molar-refractivity contribution is 5.68. The number of ether oxygens (including phenoxy) is 6. The van der Waals surface area contributed by atoms with E-state index in [9.17, 15) is 35.4 Å². The van der Waals surface area contributed by atoms with Crippen molar-refractivity contribution >= 4 is 5.97 Å². The number of methoxy groups -OCH3 is 2. The Bertz CT molecular complexity index is 623. The zero-order valence-electron chi connectivity index (χ0n) is 20.9. The van der Waals surface area contributed by atoms with Gasteiger partial charge in [-0.25, -0.2) is 0 Å². The number of hydrogen-bond acceptors (Lipinski definition) is 13. The molecule has 6 N–H and O–H groups in total. The standard InChI is InChI=1S/C23H42O13/c1-31-12-14-17(27)18(28)20(30)22(35-14)36-21-19(29)16(26)13(11-24)34-23(21)33-10-8-6-4-3-5-7-9-15(25)32-2/h13-14,16-24,26-30H,3-12H2,1-2H3/t13-,14-,16-,17-,18+,19+,20-,21-,22+,23+/m1/s1. The van der Waals surface area contributed by atoms with Gasteiger partial charge in [-0.2, -0.15) is 0 Å². The van der Waals surface area contributed by atoms with Crippen LogP contribution < -0.4 is 0 Å². The number of aliphatic hydroxyl groups excluding tert-OH is 6. The van der Waals surface area contributed by atoms with Gasteiger partial charge >= 0.3 is 5.97 Å². The second kappa shape index (κ2) is 16.1. The van der Waals surface area contributed by atoms with Gasteiger partial charge in [-0.05, 0) is 12.8 Å². The average Bonchev–Trinajstić information content (AvgIpc) is 2.87. The van der Waals surface area contributed by atoms with Gasteiger partial charge in [0.05, 0.1) is 20.3 Å². The molecule has 0 amide bonds. The quantitative estimate of drug-likeness (QED) is 0.103. The Balaban J connectivity index is 1.88. The maximum atomic E-state index is 11.1. The van der Waals surface area contributed by atoms with Crippen LogP contribution in [0.2, 0.25) is 0 Å². The highest BCUT2D eigenvalue weighted by atomic mass is 16.8. The fourth-order valence-electron chi connectivity index (χ4n) is 4.20. The van der Waals surface area contributed by atoms with Crippen LogP contribution in [0.25, 0.3) is 0 Å². The zero-order valence-corrected chi connectivity index (χ0v) is 20.9. The minimum atomic E-state index is -1.66. The van der Waals surface area contributed by atoms with E-state index in [4.69, 9.17) is 23.7 Å². The topological polar surface area (TPSA) is 194 Å². The molecular weight excluding hydrogens is 484 g/mol. The molecule has 0 spiro atoms. The van der Waals surface area contributed by atoms with Crippen molar-refractivity contribution in [3.8, 4) is 0 Å². The number of unbranched alkanes of at least 4 members (excludes halogenated alkanes) is 5. The number of carbonyl (C=O) groups is 1. The monoisotopic (exact) mass is 526 g/mol. The van der Waals surface area contributed by atoms with Gasteiger partial charge in [0.25, 0.3) is 0 Å². The molecule has 0 unspecified atom stereocenters. The lowest BCUT2D eigenvalue weighted by Crippen LogP contribution is -2.64. The molecule has 0 aromatic carbocycles.